The zero-order valence-electron chi connectivity index (χ0n) is 14.4. The number of alkyl halides is 3. The van der Waals surface area contributed by atoms with Crippen molar-refractivity contribution in [2.24, 2.45) is 0 Å². The van der Waals surface area contributed by atoms with Crippen molar-refractivity contribution in [2.45, 2.75) is 26.6 Å². The van der Waals surface area contributed by atoms with E-state index in [1.54, 1.807) is 35.0 Å². The third-order valence-corrected chi connectivity index (χ3v) is 3.80. The average molecular weight is 361 g/mol. The predicted octanol–water partition coefficient (Wildman–Crippen LogP) is 4.09. The zero-order chi connectivity index (χ0) is 18.7. The minimum Gasteiger partial charge on any atom is -0.352 e. The van der Waals surface area contributed by atoms with E-state index in [9.17, 15) is 13.2 Å². The first-order valence-corrected chi connectivity index (χ1v) is 8.09. The molecule has 26 heavy (non-hydrogen) atoms. The Morgan fingerprint density at radius 3 is 2.38 bits per heavy atom. The molecule has 2 aromatic heterocycles. The lowest BCUT2D eigenvalue weighted by Crippen LogP contribution is -2.17. The molecule has 0 spiro atoms. The van der Waals surface area contributed by atoms with E-state index < -0.39 is 11.9 Å². The van der Waals surface area contributed by atoms with Gasteiger partial charge in [-0.25, -0.2) is 9.97 Å². The first-order valence-electron chi connectivity index (χ1n) is 8.09. The molecule has 136 valence electrons. The van der Waals surface area contributed by atoms with Crippen molar-refractivity contribution in [3.63, 3.8) is 0 Å². The molecular weight excluding hydrogens is 343 g/mol. The number of aromatic nitrogens is 4. The number of benzene rings is 1. The monoisotopic (exact) mass is 361 g/mol. The third-order valence-electron chi connectivity index (χ3n) is 3.80. The third kappa shape index (κ3) is 4.19. The highest BCUT2D eigenvalue weighted by molar-refractivity contribution is 5.60. The molecule has 0 radical (unpaired) electrons. The lowest BCUT2D eigenvalue weighted by Gasteiger charge is -2.12. The summed E-state index contributed by atoms with van der Waals surface area (Å²) in [7, 11) is 0. The number of rotatable bonds is 5. The van der Waals surface area contributed by atoms with Crippen LogP contribution in [0.5, 0.6) is 0 Å². The largest absolute Gasteiger partial charge is 0.433 e. The molecule has 0 atom stereocenters. The minimum atomic E-state index is -4.54. The van der Waals surface area contributed by atoms with E-state index in [1.807, 2.05) is 19.9 Å². The number of aryl methyl sites for hydroxylation is 2. The highest BCUT2D eigenvalue weighted by Gasteiger charge is 2.33. The predicted molar refractivity (Wildman–Crippen MR) is 92.7 cm³/mol. The van der Waals surface area contributed by atoms with Crippen molar-refractivity contribution in [3.05, 3.63) is 59.5 Å². The smallest absolute Gasteiger partial charge is 0.352 e. The van der Waals surface area contributed by atoms with Gasteiger partial charge in [-0.3, -0.25) is 4.68 Å². The van der Waals surface area contributed by atoms with Crippen LogP contribution >= 0.6 is 0 Å². The Bertz CT molecular complexity index is 888. The summed E-state index contributed by atoms with van der Waals surface area (Å²) in [6.45, 7) is 4.67. The van der Waals surface area contributed by atoms with Gasteiger partial charge in [-0.05, 0) is 26.0 Å². The standard InChI is InChI=1S/C18H18F3N5/c1-12-10-13(2)26(25-12)9-8-22-17-23-15(14-6-4-3-5-7-14)11-16(24-17)18(19,20)21/h3-7,10-11H,8-9H2,1-2H3,(H,22,23,24). The maximum absolute atomic E-state index is 13.2. The fourth-order valence-electron chi connectivity index (χ4n) is 2.60. The van der Waals surface area contributed by atoms with Crippen LogP contribution in [-0.2, 0) is 12.7 Å². The molecule has 0 amide bonds. The Balaban J connectivity index is 1.82. The fraction of sp³-hybridized carbons (Fsp3) is 0.278. The Morgan fingerprint density at radius 2 is 1.77 bits per heavy atom. The van der Waals surface area contributed by atoms with Crippen molar-refractivity contribution >= 4 is 5.95 Å². The molecule has 5 nitrogen and oxygen atoms in total. The van der Waals surface area contributed by atoms with Crippen molar-refractivity contribution in [1.82, 2.24) is 19.7 Å². The van der Waals surface area contributed by atoms with Crippen molar-refractivity contribution in [2.75, 3.05) is 11.9 Å². The summed E-state index contributed by atoms with van der Waals surface area (Å²) in [5.74, 6) is -0.0554. The Labute approximate surface area is 148 Å². The molecule has 3 rings (SSSR count). The summed E-state index contributed by atoms with van der Waals surface area (Å²) in [6.07, 6.45) is -4.54. The lowest BCUT2D eigenvalue weighted by molar-refractivity contribution is -0.141. The first kappa shape index (κ1) is 17.9. The van der Waals surface area contributed by atoms with Gasteiger partial charge >= 0.3 is 6.18 Å². The average Bonchev–Trinajstić information content (AvgIpc) is 2.92. The highest BCUT2D eigenvalue weighted by atomic mass is 19.4. The second-order valence-electron chi connectivity index (χ2n) is 5.90. The van der Waals surface area contributed by atoms with Gasteiger partial charge in [0.2, 0.25) is 5.95 Å². The summed E-state index contributed by atoms with van der Waals surface area (Å²) < 4.78 is 41.3. The number of halogens is 3. The SMILES string of the molecule is Cc1cc(C)n(CCNc2nc(-c3ccccc3)cc(C(F)(F)F)n2)n1. The van der Waals surface area contributed by atoms with Crippen LogP contribution in [0.15, 0.2) is 42.5 Å². The van der Waals surface area contributed by atoms with Gasteiger partial charge in [0.15, 0.2) is 5.69 Å². The molecular formula is C18H18F3N5. The van der Waals surface area contributed by atoms with Gasteiger partial charge in [0.05, 0.1) is 17.9 Å². The molecule has 0 saturated carbocycles. The Kier molecular flexibility index (Phi) is 4.92. The Hall–Kier alpha value is -2.90. The van der Waals surface area contributed by atoms with Crippen molar-refractivity contribution in [3.8, 4) is 11.3 Å². The molecule has 0 aliphatic carbocycles. The minimum absolute atomic E-state index is 0.0554. The van der Waals surface area contributed by atoms with Gasteiger partial charge in [0.25, 0.3) is 0 Å². The molecule has 1 N–H and O–H groups in total. The van der Waals surface area contributed by atoms with Crippen LogP contribution in [0.2, 0.25) is 0 Å². The fourth-order valence-corrected chi connectivity index (χ4v) is 2.60. The van der Waals surface area contributed by atoms with E-state index in [0.717, 1.165) is 17.5 Å². The van der Waals surface area contributed by atoms with Crippen LogP contribution in [-0.4, -0.2) is 26.3 Å². The molecule has 8 heteroatoms. The van der Waals surface area contributed by atoms with E-state index >= 15 is 0 Å². The van der Waals surface area contributed by atoms with Gasteiger partial charge in [-0.1, -0.05) is 30.3 Å². The number of nitrogens with one attached hydrogen (secondary N) is 1. The van der Waals surface area contributed by atoms with Gasteiger partial charge in [0.1, 0.15) is 0 Å². The summed E-state index contributed by atoms with van der Waals surface area (Å²) in [5.41, 5.74) is 1.73. The van der Waals surface area contributed by atoms with Crippen molar-refractivity contribution in [1.29, 1.82) is 0 Å². The summed E-state index contributed by atoms with van der Waals surface area (Å²) >= 11 is 0. The summed E-state index contributed by atoms with van der Waals surface area (Å²) in [6, 6.07) is 11.6. The van der Waals surface area contributed by atoms with Gasteiger partial charge < -0.3 is 5.32 Å². The van der Waals surface area contributed by atoms with E-state index in [4.69, 9.17) is 0 Å². The maximum Gasteiger partial charge on any atom is 0.433 e. The number of hydrogen-bond acceptors (Lipinski definition) is 4. The second-order valence-corrected chi connectivity index (χ2v) is 5.90. The first-order chi connectivity index (χ1) is 12.3. The zero-order valence-corrected chi connectivity index (χ0v) is 14.4. The summed E-state index contributed by atoms with van der Waals surface area (Å²) in [5, 5.41) is 7.19. The van der Waals surface area contributed by atoms with E-state index in [-0.39, 0.29) is 11.6 Å². The van der Waals surface area contributed by atoms with Crippen LogP contribution < -0.4 is 5.32 Å². The molecule has 0 unspecified atom stereocenters. The van der Waals surface area contributed by atoms with Crippen LogP contribution in [0.1, 0.15) is 17.1 Å². The molecule has 0 aliphatic rings. The van der Waals surface area contributed by atoms with Gasteiger partial charge in [-0.2, -0.15) is 18.3 Å². The van der Waals surface area contributed by atoms with Crippen LogP contribution in [0.25, 0.3) is 11.3 Å². The van der Waals surface area contributed by atoms with Crippen LogP contribution in [0.4, 0.5) is 19.1 Å². The molecule has 0 bridgehead atoms. The van der Waals surface area contributed by atoms with Crippen LogP contribution in [0, 0.1) is 13.8 Å². The number of nitrogens with zero attached hydrogens (tertiary/aromatic N) is 4. The number of anilines is 1. The number of hydrogen-bond donors (Lipinski definition) is 1. The topological polar surface area (TPSA) is 55.6 Å². The molecule has 1 aromatic carbocycles. The molecule has 3 aromatic rings. The molecule has 0 aliphatic heterocycles. The molecule has 2 heterocycles. The molecule has 0 saturated heterocycles. The van der Waals surface area contributed by atoms with E-state index in [2.05, 4.69) is 20.4 Å². The molecule has 0 fully saturated rings. The Morgan fingerprint density at radius 1 is 1.04 bits per heavy atom. The van der Waals surface area contributed by atoms with E-state index in [1.165, 1.54) is 0 Å². The van der Waals surface area contributed by atoms with E-state index in [0.29, 0.717) is 18.7 Å². The maximum atomic E-state index is 13.2. The van der Waals surface area contributed by atoms with Gasteiger partial charge in [-0.15, -0.1) is 0 Å². The second kappa shape index (κ2) is 7.15. The summed E-state index contributed by atoms with van der Waals surface area (Å²) in [4.78, 5) is 7.84. The highest BCUT2D eigenvalue weighted by Crippen LogP contribution is 2.31. The normalized spacial score (nSPS) is 11.6. The van der Waals surface area contributed by atoms with Gasteiger partial charge in [0, 0.05) is 17.8 Å². The lowest BCUT2D eigenvalue weighted by atomic mass is 10.1. The van der Waals surface area contributed by atoms with Crippen LogP contribution in [0.3, 0.4) is 0 Å². The quantitative estimate of drug-likeness (QED) is 0.744. The van der Waals surface area contributed by atoms with Crippen molar-refractivity contribution < 1.29 is 13.2 Å².